The molecule has 124 valence electrons. The Morgan fingerprint density at radius 1 is 1.25 bits per heavy atom. The summed E-state index contributed by atoms with van der Waals surface area (Å²) in [6.45, 7) is -2.41. The van der Waals surface area contributed by atoms with Gasteiger partial charge in [-0.05, 0) is 34.1 Å². The van der Waals surface area contributed by atoms with E-state index in [0.29, 0.717) is 18.6 Å². The molecule has 0 aliphatic carbocycles. The van der Waals surface area contributed by atoms with Gasteiger partial charge in [0, 0.05) is 22.7 Å². The predicted octanol–water partition coefficient (Wildman–Crippen LogP) is 4.36. The molecule has 3 heterocycles. The molecular weight excluding hydrogens is 382 g/mol. The first-order chi connectivity index (χ1) is 11.6. The Morgan fingerprint density at radius 2 is 2.08 bits per heavy atom. The molecule has 0 saturated heterocycles. The van der Waals surface area contributed by atoms with Gasteiger partial charge in [-0.15, -0.1) is 0 Å². The number of imidazole rings is 1. The van der Waals surface area contributed by atoms with E-state index in [-0.39, 0.29) is 5.75 Å². The van der Waals surface area contributed by atoms with Gasteiger partial charge in [0.2, 0.25) is 0 Å². The smallest absolute Gasteiger partial charge is 0.387 e. The van der Waals surface area contributed by atoms with Crippen molar-refractivity contribution in [3.8, 4) is 5.75 Å². The van der Waals surface area contributed by atoms with Crippen LogP contribution in [-0.4, -0.2) is 22.6 Å². The largest absolute Gasteiger partial charge is 0.434 e. The van der Waals surface area contributed by atoms with E-state index < -0.39 is 12.7 Å². The van der Waals surface area contributed by atoms with Gasteiger partial charge in [-0.1, -0.05) is 18.2 Å². The van der Waals surface area contributed by atoms with E-state index in [1.807, 2.05) is 22.7 Å². The predicted molar refractivity (Wildman–Crippen MR) is 87.5 cm³/mol. The highest BCUT2D eigenvalue weighted by molar-refractivity contribution is 9.10. The Bertz CT molecular complexity index is 897. The minimum Gasteiger partial charge on any atom is -0.434 e. The highest BCUT2D eigenvalue weighted by atomic mass is 79.9. The van der Waals surface area contributed by atoms with Crippen LogP contribution in [0.3, 0.4) is 0 Å². The van der Waals surface area contributed by atoms with Crippen molar-refractivity contribution >= 4 is 21.6 Å². The first-order valence-corrected chi connectivity index (χ1v) is 8.24. The van der Waals surface area contributed by atoms with Gasteiger partial charge in [-0.2, -0.15) is 8.78 Å². The number of hydrogen-bond donors (Lipinski definition) is 0. The molecule has 4 rings (SSSR count). The van der Waals surface area contributed by atoms with Crippen LogP contribution < -0.4 is 4.74 Å². The fourth-order valence-electron chi connectivity index (χ4n) is 3.04. The first kappa shape index (κ1) is 15.5. The zero-order valence-electron chi connectivity index (χ0n) is 12.5. The summed E-state index contributed by atoms with van der Waals surface area (Å²) >= 11 is 3.46. The lowest BCUT2D eigenvalue weighted by molar-refractivity contribution is -0.0522. The van der Waals surface area contributed by atoms with Crippen LogP contribution in [0.15, 0.2) is 47.1 Å². The Morgan fingerprint density at radius 3 is 2.92 bits per heavy atom. The highest BCUT2D eigenvalue weighted by Gasteiger charge is 2.30. The monoisotopic (exact) mass is 394 g/mol. The molecule has 1 aliphatic heterocycles. The van der Waals surface area contributed by atoms with Gasteiger partial charge in [-0.25, -0.2) is 4.98 Å². The number of rotatable bonds is 3. The van der Waals surface area contributed by atoms with E-state index in [9.17, 15) is 8.78 Å². The second kappa shape index (κ2) is 6.14. The lowest BCUT2D eigenvalue weighted by atomic mass is 10.0. The van der Waals surface area contributed by atoms with Gasteiger partial charge in [0.25, 0.3) is 0 Å². The summed E-state index contributed by atoms with van der Waals surface area (Å²) in [4.78, 5) is 4.63. The average molecular weight is 395 g/mol. The number of ether oxygens (including phenoxy) is 2. The Balaban J connectivity index is 1.88. The van der Waals surface area contributed by atoms with Gasteiger partial charge >= 0.3 is 6.61 Å². The van der Waals surface area contributed by atoms with Crippen LogP contribution in [0.4, 0.5) is 8.78 Å². The lowest BCUT2D eigenvalue weighted by Crippen LogP contribution is -2.19. The normalized spacial score (nSPS) is 17.2. The van der Waals surface area contributed by atoms with Crippen molar-refractivity contribution in [3.63, 3.8) is 0 Å². The van der Waals surface area contributed by atoms with Crippen molar-refractivity contribution in [3.05, 3.63) is 64.0 Å². The topological polar surface area (TPSA) is 35.8 Å². The number of para-hydroxylation sites is 1. The number of pyridine rings is 1. The fourth-order valence-corrected chi connectivity index (χ4v) is 3.37. The van der Waals surface area contributed by atoms with Crippen LogP contribution >= 0.6 is 15.9 Å². The molecule has 0 amide bonds. The molecule has 1 unspecified atom stereocenters. The van der Waals surface area contributed by atoms with Gasteiger partial charge in [-0.3, -0.25) is 4.40 Å². The third-order valence-electron chi connectivity index (χ3n) is 3.98. The molecule has 24 heavy (non-hydrogen) atoms. The zero-order chi connectivity index (χ0) is 16.7. The Labute approximate surface area is 145 Å². The van der Waals surface area contributed by atoms with Gasteiger partial charge < -0.3 is 9.47 Å². The van der Waals surface area contributed by atoms with Crippen LogP contribution in [-0.2, 0) is 11.2 Å². The van der Waals surface area contributed by atoms with Crippen molar-refractivity contribution in [2.75, 3.05) is 6.61 Å². The Hall–Kier alpha value is -1.99. The molecule has 0 fully saturated rings. The van der Waals surface area contributed by atoms with Crippen molar-refractivity contribution in [2.45, 2.75) is 19.1 Å². The fraction of sp³-hybridized carbons (Fsp3) is 0.235. The van der Waals surface area contributed by atoms with E-state index in [1.165, 1.54) is 6.07 Å². The molecule has 0 spiro atoms. The molecular formula is C17H13BrF2N2O2. The van der Waals surface area contributed by atoms with Crippen LogP contribution in [0.25, 0.3) is 5.65 Å². The highest BCUT2D eigenvalue weighted by Crippen LogP contribution is 2.38. The third-order valence-corrected chi connectivity index (χ3v) is 4.45. The molecule has 2 aromatic heterocycles. The lowest BCUT2D eigenvalue weighted by Gasteiger charge is -2.25. The number of alkyl halides is 2. The molecule has 3 aromatic rings. The van der Waals surface area contributed by atoms with Gasteiger partial charge in [0.05, 0.1) is 18.0 Å². The number of halogens is 3. The molecule has 0 bridgehead atoms. The molecule has 0 radical (unpaired) electrons. The van der Waals surface area contributed by atoms with Crippen molar-refractivity contribution < 1.29 is 18.3 Å². The quantitative estimate of drug-likeness (QED) is 0.661. The van der Waals surface area contributed by atoms with Crippen molar-refractivity contribution in [1.29, 1.82) is 0 Å². The maximum atomic E-state index is 12.7. The second-order valence-electron chi connectivity index (χ2n) is 5.44. The van der Waals surface area contributed by atoms with Gasteiger partial charge in [0.15, 0.2) is 0 Å². The van der Waals surface area contributed by atoms with E-state index in [2.05, 4.69) is 25.7 Å². The summed E-state index contributed by atoms with van der Waals surface area (Å²) in [5.74, 6) is 0.121. The minimum atomic E-state index is -2.88. The molecule has 1 atom stereocenters. The third kappa shape index (κ3) is 2.67. The van der Waals surface area contributed by atoms with E-state index in [0.717, 1.165) is 21.5 Å². The second-order valence-corrected chi connectivity index (χ2v) is 6.35. The first-order valence-electron chi connectivity index (χ1n) is 7.45. The Kier molecular flexibility index (Phi) is 3.97. The molecule has 1 aromatic carbocycles. The standard InChI is InChI=1S/C17H13BrF2N2O2/c18-10-5-6-14-21-12-7-8-23-16(15(12)22(14)9-10)11-3-1-2-4-13(11)24-17(19)20/h1-6,9,16-17H,7-8H2. The number of fused-ring (bicyclic) bond motifs is 3. The number of hydrogen-bond acceptors (Lipinski definition) is 3. The van der Waals surface area contributed by atoms with Crippen LogP contribution in [0.2, 0.25) is 0 Å². The van der Waals surface area contributed by atoms with E-state index in [4.69, 9.17) is 4.74 Å². The SMILES string of the molecule is FC(F)Oc1ccccc1C1OCCc2nc3ccc(Br)cn3c21. The van der Waals surface area contributed by atoms with Gasteiger partial charge in [0.1, 0.15) is 17.5 Å². The zero-order valence-corrected chi connectivity index (χ0v) is 14.0. The summed E-state index contributed by atoms with van der Waals surface area (Å²) in [6, 6.07) is 10.5. The van der Waals surface area contributed by atoms with Crippen LogP contribution in [0.5, 0.6) is 5.75 Å². The number of benzene rings is 1. The minimum absolute atomic E-state index is 0.121. The summed E-state index contributed by atoms with van der Waals surface area (Å²) < 4.78 is 38.9. The molecule has 1 aliphatic rings. The maximum absolute atomic E-state index is 12.7. The van der Waals surface area contributed by atoms with Crippen molar-refractivity contribution in [1.82, 2.24) is 9.38 Å². The average Bonchev–Trinajstić information content (AvgIpc) is 2.93. The summed E-state index contributed by atoms with van der Waals surface area (Å²) in [7, 11) is 0. The van der Waals surface area contributed by atoms with Crippen molar-refractivity contribution in [2.24, 2.45) is 0 Å². The summed E-state index contributed by atoms with van der Waals surface area (Å²) in [6.07, 6.45) is 2.08. The number of aromatic nitrogens is 2. The summed E-state index contributed by atoms with van der Waals surface area (Å²) in [5, 5.41) is 0. The molecule has 0 saturated carbocycles. The van der Waals surface area contributed by atoms with Crippen LogP contribution in [0.1, 0.15) is 23.1 Å². The summed E-state index contributed by atoms with van der Waals surface area (Å²) in [5.41, 5.74) is 3.13. The van der Waals surface area contributed by atoms with E-state index >= 15 is 0 Å². The van der Waals surface area contributed by atoms with Crippen LogP contribution in [0, 0.1) is 0 Å². The molecule has 7 heteroatoms. The molecule has 0 N–H and O–H groups in total. The molecule has 4 nitrogen and oxygen atoms in total. The number of nitrogens with zero attached hydrogens (tertiary/aromatic N) is 2. The van der Waals surface area contributed by atoms with E-state index in [1.54, 1.807) is 18.2 Å². The maximum Gasteiger partial charge on any atom is 0.387 e.